The fourth-order valence-electron chi connectivity index (χ4n) is 3.42. The molecule has 1 aromatic heterocycles. The lowest BCUT2D eigenvalue weighted by Crippen LogP contribution is -2.39. The number of halogens is 1. The van der Waals surface area contributed by atoms with Crippen molar-refractivity contribution in [1.82, 2.24) is 0 Å². The van der Waals surface area contributed by atoms with Crippen molar-refractivity contribution < 1.29 is 23.5 Å². The Hall–Kier alpha value is -3.26. The number of unbranched alkanes of at least 4 members (excludes halogenated alkanes) is 1. The Kier molecular flexibility index (Phi) is 6.80. The first kappa shape index (κ1) is 22.0. The highest BCUT2D eigenvalue weighted by Gasteiger charge is 2.26. The Labute approximate surface area is 194 Å². The summed E-state index contributed by atoms with van der Waals surface area (Å²) in [6, 6.07) is 16.4. The van der Waals surface area contributed by atoms with E-state index in [1.807, 2.05) is 31.2 Å². The highest BCUT2D eigenvalue weighted by Crippen LogP contribution is 2.35. The predicted molar refractivity (Wildman–Crippen MR) is 125 cm³/mol. The van der Waals surface area contributed by atoms with Crippen LogP contribution in [0.5, 0.6) is 11.5 Å². The van der Waals surface area contributed by atoms with E-state index in [0.29, 0.717) is 34.9 Å². The fraction of sp³-hybridized carbons (Fsp3) is 0.250. The number of nitrogens with zero attached hydrogens (tertiary/aromatic N) is 1. The first-order valence-electron chi connectivity index (χ1n) is 10.3. The van der Waals surface area contributed by atoms with Gasteiger partial charge in [-0.15, -0.1) is 0 Å². The van der Waals surface area contributed by atoms with Crippen LogP contribution in [0.25, 0.3) is 0 Å². The molecule has 0 aliphatic carbocycles. The molecular formula is C24H23BrN2O5. The SMILES string of the molecule is Cc1cccc(OCCCCN2C(=O)COc3ccc(NC(=O)c4ccc(Br)o4)cc32)c1. The molecule has 0 atom stereocenters. The van der Waals surface area contributed by atoms with Gasteiger partial charge in [0.1, 0.15) is 11.5 Å². The molecule has 0 unspecified atom stereocenters. The van der Waals surface area contributed by atoms with Crippen LogP contribution in [-0.4, -0.2) is 31.6 Å². The summed E-state index contributed by atoms with van der Waals surface area (Å²) in [5.41, 5.74) is 2.34. The van der Waals surface area contributed by atoms with Gasteiger partial charge in [-0.25, -0.2) is 0 Å². The number of carbonyl (C=O) groups is 2. The summed E-state index contributed by atoms with van der Waals surface area (Å²) >= 11 is 3.18. The van der Waals surface area contributed by atoms with E-state index in [2.05, 4.69) is 21.2 Å². The number of hydrogen-bond donors (Lipinski definition) is 1. The summed E-state index contributed by atoms with van der Waals surface area (Å²) < 4.78 is 17.1. The lowest BCUT2D eigenvalue weighted by molar-refractivity contribution is -0.121. The van der Waals surface area contributed by atoms with Crippen LogP contribution in [0.1, 0.15) is 29.0 Å². The lowest BCUT2D eigenvalue weighted by atomic mass is 10.2. The van der Waals surface area contributed by atoms with Crippen molar-refractivity contribution in [2.75, 3.05) is 30.0 Å². The molecule has 0 fully saturated rings. The third kappa shape index (κ3) is 5.31. The third-order valence-corrected chi connectivity index (χ3v) is 5.42. The average Bonchev–Trinajstić information content (AvgIpc) is 3.21. The number of hydrogen-bond acceptors (Lipinski definition) is 5. The smallest absolute Gasteiger partial charge is 0.291 e. The van der Waals surface area contributed by atoms with Gasteiger partial charge in [-0.05, 0) is 83.7 Å². The Morgan fingerprint density at radius 1 is 1.16 bits per heavy atom. The summed E-state index contributed by atoms with van der Waals surface area (Å²) in [6.45, 7) is 3.13. The van der Waals surface area contributed by atoms with Crippen molar-refractivity contribution >= 4 is 39.1 Å². The topological polar surface area (TPSA) is 81.0 Å². The van der Waals surface area contributed by atoms with Gasteiger partial charge in [0.05, 0.1) is 12.3 Å². The Bertz CT molecular complexity index is 1130. The zero-order chi connectivity index (χ0) is 22.5. The molecule has 0 saturated heterocycles. The molecule has 4 rings (SSSR count). The van der Waals surface area contributed by atoms with Gasteiger partial charge in [0, 0.05) is 12.2 Å². The number of fused-ring (bicyclic) bond motifs is 1. The van der Waals surface area contributed by atoms with Crippen molar-refractivity contribution in [2.45, 2.75) is 19.8 Å². The molecule has 7 nitrogen and oxygen atoms in total. The maximum atomic E-state index is 12.5. The molecule has 0 bridgehead atoms. The van der Waals surface area contributed by atoms with E-state index in [0.717, 1.165) is 24.2 Å². The molecule has 1 aliphatic rings. The second-order valence-electron chi connectivity index (χ2n) is 7.45. The molecule has 2 amide bonds. The van der Waals surface area contributed by atoms with E-state index >= 15 is 0 Å². The van der Waals surface area contributed by atoms with Crippen LogP contribution < -0.4 is 19.7 Å². The van der Waals surface area contributed by atoms with Gasteiger partial charge in [0.2, 0.25) is 0 Å². The molecular weight excluding hydrogens is 476 g/mol. The van der Waals surface area contributed by atoms with Gasteiger partial charge in [-0.1, -0.05) is 12.1 Å². The molecule has 2 aromatic carbocycles. The fourth-order valence-corrected chi connectivity index (χ4v) is 3.73. The first-order chi connectivity index (χ1) is 15.5. The standard InChI is InChI=1S/C24H23BrN2O5/c1-16-5-4-6-18(13-16)30-12-3-2-11-27-19-14-17(7-8-20(19)31-15-23(27)28)26-24(29)21-9-10-22(25)32-21/h4-10,13-14H,2-3,11-12,15H2,1H3,(H,26,29). The van der Waals surface area contributed by atoms with Gasteiger partial charge in [0.25, 0.3) is 11.8 Å². The Balaban J connectivity index is 1.36. The third-order valence-electron chi connectivity index (χ3n) is 4.99. The van der Waals surface area contributed by atoms with E-state index in [-0.39, 0.29) is 24.2 Å². The number of carbonyl (C=O) groups excluding carboxylic acids is 2. The molecule has 3 aromatic rings. The summed E-state index contributed by atoms with van der Waals surface area (Å²) in [5, 5.41) is 2.79. The van der Waals surface area contributed by atoms with Crippen LogP contribution in [0.4, 0.5) is 11.4 Å². The van der Waals surface area contributed by atoms with E-state index in [1.54, 1.807) is 35.2 Å². The number of furan rings is 1. The van der Waals surface area contributed by atoms with Crippen LogP contribution in [0, 0.1) is 6.92 Å². The second kappa shape index (κ2) is 9.91. The molecule has 32 heavy (non-hydrogen) atoms. The van der Waals surface area contributed by atoms with E-state index in [1.165, 1.54) is 0 Å². The zero-order valence-corrected chi connectivity index (χ0v) is 19.2. The quantitative estimate of drug-likeness (QED) is 0.432. The van der Waals surface area contributed by atoms with E-state index < -0.39 is 0 Å². The minimum atomic E-state index is -0.376. The van der Waals surface area contributed by atoms with Crippen LogP contribution in [0.15, 0.2) is 63.7 Å². The Morgan fingerprint density at radius 3 is 2.81 bits per heavy atom. The minimum absolute atomic E-state index is 0.00107. The lowest BCUT2D eigenvalue weighted by Gasteiger charge is -2.30. The molecule has 0 spiro atoms. The summed E-state index contributed by atoms with van der Waals surface area (Å²) in [6.07, 6.45) is 1.58. The van der Waals surface area contributed by atoms with Gasteiger partial charge in [0.15, 0.2) is 17.0 Å². The second-order valence-corrected chi connectivity index (χ2v) is 8.23. The number of rotatable bonds is 8. The molecule has 0 radical (unpaired) electrons. The van der Waals surface area contributed by atoms with Gasteiger partial charge in [-0.3, -0.25) is 9.59 Å². The van der Waals surface area contributed by atoms with Crippen LogP contribution in [0.3, 0.4) is 0 Å². The Morgan fingerprint density at radius 2 is 2.03 bits per heavy atom. The maximum Gasteiger partial charge on any atom is 0.291 e. The van der Waals surface area contributed by atoms with Crippen molar-refractivity contribution in [1.29, 1.82) is 0 Å². The number of nitrogens with one attached hydrogen (secondary N) is 1. The van der Waals surface area contributed by atoms with Crippen molar-refractivity contribution in [2.24, 2.45) is 0 Å². The van der Waals surface area contributed by atoms with Crippen molar-refractivity contribution in [3.05, 3.63) is 70.6 Å². The largest absolute Gasteiger partial charge is 0.494 e. The normalized spacial score (nSPS) is 12.8. The number of anilines is 2. The zero-order valence-electron chi connectivity index (χ0n) is 17.6. The van der Waals surface area contributed by atoms with Crippen LogP contribution >= 0.6 is 15.9 Å². The molecule has 1 aliphatic heterocycles. The number of ether oxygens (including phenoxy) is 2. The molecule has 1 N–H and O–H groups in total. The van der Waals surface area contributed by atoms with Gasteiger partial charge in [-0.2, -0.15) is 0 Å². The monoisotopic (exact) mass is 498 g/mol. The summed E-state index contributed by atoms with van der Waals surface area (Å²) in [4.78, 5) is 26.6. The number of amides is 2. The van der Waals surface area contributed by atoms with E-state index in [9.17, 15) is 9.59 Å². The highest BCUT2D eigenvalue weighted by atomic mass is 79.9. The van der Waals surface area contributed by atoms with Crippen LogP contribution in [-0.2, 0) is 4.79 Å². The van der Waals surface area contributed by atoms with E-state index in [4.69, 9.17) is 13.9 Å². The maximum absolute atomic E-state index is 12.5. The highest BCUT2D eigenvalue weighted by molar-refractivity contribution is 9.10. The summed E-state index contributed by atoms with van der Waals surface area (Å²) in [7, 11) is 0. The summed E-state index contributed by atoms with van der Waals surface area (Å²) in [5.74, 6) is 1.16. The van der Waals surface area contributed by atoms with Crippen molar-refractivity contribution in [3.63, 3.8) is 0 Å². The molecule has 8 heteroatoms. The molecule has 0 saturated carbocycles. The van der Waals surface area contributed by atoms with Gasteiger partial charge < -0.3 is 24.1 Å². The van der Waals surface area contributed by atoms with Crippen LogP contribution in [0.2, 0.25) is 0 Å². The minimum Gasteiger partial charge on any atom is -0.494 e. The number of aryl methyl sites for hydroxylation is 1. The number of benzene rings is 2. The van der Waals surface area contributed by atoms with Gasteiger partial charge >= 0.3 is 0 Å². The first-order valence-corrected chi connectivity index (χ1v) is 11.1. The average molecular weight is 499 g/mol. The predicted octanol–water partition coefficient (Wildman–Crippen LogP) is 5.19. The molecule has 2 heterocycles. The molecule has 166 valence electrons. The van der Waals surface area contributed by atoms with Crippen molar-refractivity contribution in [3.8, 4) is 11.5 Å².